The van der Waals surface area contributed by atoms with E-state index in [2.05, 4.69) is 32.6 Å². The number of anilines is 1. The van der Waals surface area contributed by atoms with Crippen molar-refractivity contribution in [2.24, 2.45) is 11.7 Å². The lowest BCUT2D eigenvalue weighted by Gasteiger charge is -2.32. The summed E-state index contributed by atoms with van der Waals surface area (Å²) in [5.74, 6) is -0.987. The zero-order valence-electron chi connectivity index (χ0n) is 17.3. The SMILES string of the molecule is NC(=O)C1C=CC=CC1(Br)c1ccc(C(=O)N2Cc3cccn3Cc3ccccc32)cc1. The van der Waals surface area contributed by atoms with E-state index in [1.807, 2.05) is 77.9 Å². The highest BCUT2D eigenvalue weighted by Crippen LogP contribution is 2.43. The van der Waals surface area contributed by atoms with Crippen LogP contribution in [0.25, 0.3) is 0 Å². The van der Waals surface area contributed by atoms with E-state index in [4.69, 9.17) is 5.73 Å². The number of hydrogen-bond donors (Lipinski definition) is 1. The number of benzene rings is 2. The van der Waals surface area contributed by atoms with Crippen LogP contribution in [0.4, 0.5) is 5.69 Å². The van der Waals surface area contributed by atoms with Gasteiger partial charge >= 0.3 is 0 Å². The minimum atomic E-state index is -0.731. The van der Waals surface area contributed by atoms with Gasteiger partial charge in [-0.15, -0.1) is 0 Å². The average Bonchev–Trinajstić information content (AvgIpc) is 3.18. The molecule has 2 N–H and O–H groups in total. The second-order valence-electron chi connectivity index (χ2n) is 8.12. The van der Waals surface area contributed by atoms with Crippen LogP contribution in [0.3, 0.4) is 0 Å². The van der Waals surface area contributed by atoms with Crippen molar-refractivity contribution < 1.29 is 9.59 Å². The Hall–Kier alpha value is -3.38. The first-order valence-electron chi connectivity index (χ1n) is 10.5. The molecule has 5 nitrogen and oxygen atoms in total. The molecule has 3 aromatic rings. The van der Waals surface area contributed by atoms with Crippen molar-refractivity contribution >= 4 is 33.4 Å². The van der Waals surface area contributed by atoms with Gasteiger partial charge < -0.3 is 15.2 Å². The molecule has 1 aromatic heterocycles. The van der Waals surface area contributed by atoms with E-state index >= 15 is 0 Å². The fourth-order valence-electron chi connectivity index (χ4n) is 4.48. The van der Waals surface area contributed by atoms with Crippen LogP contribution in [0.15, 0.2) is 91.2 Å². The van der Waals surface area contributed by atoms with Crippen LogP contribution in [0.1, 0.15) is 27.2 Å². The lowest BCUT2D eigenvalue weighted by molar-refractivity contribution is -0.121. The van der Waals surface area contributed by atoms with Gasteiger partial charge in [0.15, 0.2) is 0 Å². The predicted molar refractivity (Wildman–Crippen MR) is 129 cm³/mol. The fourth-order valence-corrected chi connectivity index (χ4v) is 5.28. The van der Waals surface area contributed by atoms with Gasteiger partial charge in [-0.1, -0.05) is 70.6 Å². The minimum Gasteiger partial charge on any atom is -0.369 e. The number of nitrogens with two attached hydrogens (primary N) is 1. The van der Waals surface area contributed by atoms with Gasteiger partial charge in [-0.05, 0) is 41.5 Å². The zero-order chi connectivity index (χ0) is 22.3. The molecule has 0 radical (unpaired) electrons. The monoisotopic (exact) mass is 487 g/mol. The molecule has 0 fully saturated rings. The summed E-state index contributed by atoms with van der Waals surface area (Å²) in [7, 11) is 0. The normalized spacial score (nSPS) is 21.5. The molecule has 5 rings (SSSR count). The topological polar surface area (TPSA) is 68.3 Å². The largest absolute Gasteiger partial charge is 0.369 e. The van der Waals surface area contributed by atoms with Crippen molar-refractivity contribution in [3.63, 3.8) is 0 Å². The molecule has 1 aliphatic heterocycles. The lowest BCUT2D eigenvalue weighted by Crippen LogP contribution is -2.37. The van der Waals surface area contributed by atoms with Crippen molar-refractivity contribution in [3.05, 3.63) is 114 Å². The molecule has 2 unspecified atom stereocenters. The van der Waals surface area contributed by atoms with Gasteiger partial charge in [0.1, 0.15) is 0 Å². The number of primary amides is 1. The number of para-hydroxylation sites is 1. The zero-order valence-corrected chi connectivity index (χ0v) is 18.9. The summed E-state index contributed by atoms with van der Waals surface area (Å²) in [5.41, 5.74) is 10.2. The Morgan fingerprint density at radius 2 is 1.75 bits per heavy atom. The molecule has 2 atom stereocenters. The van der Waals surface area contributed by atoms with E-state index in [0.717, 1.165) is 29.1 Å². The molecule has 160 valence electrons. The van der Waals surface area contributed by atoms with Gasteiger partial charge in [0.2, 0.25) is 5.91 Å². The molecule has 2 aromatic carbocycles. The first-order chi connectivity index (χ1) is 15.5. The summed E-state index contributed by atoms with van der Waals surface area (Å²) in [6.45, 7) is 1.24. The Bertz CT molecular complexity index is 1260. The number of hydrogen-bond acceptors (Lipinski definition) is 2. The van der Waals surface area contributed by atoms with Crippen LogP contribution in [-0.4, -0.2) is 16.4 Å². The first kappa shape index (κ1) is 20.5. The number of nitrogens with zero attached hydrogens (tertiary/aromatic N) is 2. The van der Waals surface area contributed by atoms with Gasteiger partial charge in [0.25, 0.3) is 5.91 Å². The Morgan fingerprint density at radius 3 is 2.53 bits per heavy atom. The summed E-state index contributed by atoms with van der Waals surface area (Å²) >= 11 is 3.72. The Kier molecular flexibility index (Phi) is 5.10. The maximum absolute atomic E-state index is 13.6. The molecular weight excluding hydrogens is 466 g/mol. The molecule has 32 heavy (non-hydrogen) atoms. The standard InChI is InChI=1S/C26H22BrN3O2/c27-26(14-4-3-8-22(26)24(28)31)20-12-10-18(11-13-20)25(32)30-17-21-7-5-15-29(21)16-19-6-1-2-9-23(19)30/h1-15,22H,16-17H2,(H2,28,31). The van der Waals surface area contributed by atoms with Crippen molar-refractivity contribution in [2.45, 2.75) is 17.4 Å². The van der Waals surface area contributed by atoms with Crippen LogP contribution in [0.2, 0.25) is 0 Å². The fraction of sp³-hybridized carbons (Fsp3) is 0.154. The number of carbonyl (C=O) groups excluding carboxylic acids is 2. The number of aromatic nitrogens is 1. The Morgan fingerprint density at radius 1 is 0.969 bits per heavy atom. The van der Waals surface area contributed by atoms with Gasteiger partial charge in [-0.25, -0.2) is 0 Å². The molecular formula is C26H22BrN3O2. The second kappa shape index (κ2) is 7.95. The van der Waals surface area contributed by atoms with Crippen LogP contribution >= 0.6 is 15.9 Å². The Labute approximate surface area is 195 Å². The van der Waals surface area contributed by atoms with Crippen LogP contribution < -0.4 is 10.6 Å². The first-order valence-corrected chi connectivity index (χ1v) is 11.3. The number of amides is 2. The maximum Gasteiger partial charge on any atom is 0.258 e. The van der Waals surface area contributed by atoms with E-state index in [1.165, 1.54) is 0 Å². The Balaban J connectivity index is 1.49. The quantitative estimate of drug-likeness (QED) is 0.552. The molecule has 0 saturated heterocycles. The van der Waals surface area contributed by atoms with Crippen molar-refractivity contribution in [2.75, 3.05) is 4.90 Å². The highest BCUT2D eigenvalue weighted by atomic mass is 79.9. The van der Waals surface area contributed by atoms with E-state index < -0.39 is 16.1 Å². The molecule has 1 aliphatic carbocycles. The molecule has 0 bridgehead atoms. The number of halogens is 1. The van der Waals surface area contributed by atoms with E-state index in [-0.39, 0.29) is 5.91 Å². The van der Waals surface area contributed by atoms with Gasteiger partial charge in [0, 0.05) is 29.7 Å². The van der Waals surface area contributed by atoms with Crippen molar-refractivity contribution in [1.29, 1.82) is 0 Å². The lowest BCUT2D eigenvalue weighted by atomic mass is 9.82. The molecule has 2 aliphatic rings. The number of alkyl halides is 1. The van der Waals surface area contributed by atoms with Crippen LogP contribution in [0.5, 0.6) is 0 Å². The third-order valence-electron chi connectivity index (χ3n) is 6.20. The molecule has 6 heteroatoms. The van der Waals surface area contributed by atoms with Gasteiger partial charge in [0.05, 0.1) is 16.8 Å². The van der Waals surface area contributed by atoms with Crippen LogP contribution in [0, 0.1) is 5.92 Å². The maximum atomic E-state index is 13.6. The van der Waals surface area contributed by atoms with Crippen molar-refractivity contribution in [3.8, 4) is 0 Å². The van der Waals surface area contributed by atoms with E-state index in [1.54, 1.807) is 6.08 Å². The number of fused-ring (bicyclic) bond motifs is 2. The second-order valence-corrected chi connectivity index (χ2v) is 9.43. The summed E-state index contributed by atoms with van der Waals surface area (Å²) < 4.78 is 1.45. The number of carbonyl (C=O) groups is 2. The molecule has 0 saturated carbocycles. The third-order valence-corrected chi connectivity index (χ3v) is 7.41. The number of rotatable bonds is 3. The predicted octanol–water partition coefficient (Wildman–Crippen LogP) is 4.51. The summed E-state index contributed by atoms with van der Waals surface area (Å²) in [6, 6.07) is 19.5. The summed E-state index contributed by atoms with van der Waals surface area (Å²) in [4.78, 5) is 27.4. The van der Waals surface area contributed by atoms with Crippen molar-refractivity contribution in [1.82, 2.24) is 4.57 Å². The summed E-state index contributed by atoms with van der Waals surface area (Å²) in [6.07, 6.45) is 9.46. The smallest absolute Gasteiger partial charge is 0.258 e. The minimum absolute atomic E-state index is 0.0622. The van der Waals surface area contributed by atoms with Gasteiger partial charge in [-0.3, -0.25) is 9.59 Å². The average molecular weight is 488 g/mol. The third kappa shape index (κ3) is 3.41. The van der Waals surface area contributed by atoms with E-state index in [0.29, 0.717) is 12.1 Å². The molecule has 2 amide bonds. The highest BCUT2D eigenvalue weighted by Gasteiger charge is 2.39. The van der Waals surface area contributed by atoms with E-state index in [9.17, 15) is 9.59 Å². The van der Waals surface area contributed by atoms with Gasteiger partial charge in [-0.2, -0.15) is 0 Å². The highest BCUT2D eigenvalue weighted by molar-refractivity contribution is 9.09. The summed E-state index contributed by atoms with van der Waals surface area (Å²) in [5, 5.41) is 0. The molecule has 2 heterocycles. The number of allylic oxidation sites excluding steroid dienone is 3. The molecule has 0 spiro atoms. The van der Waals surface area contributed by atoms with Crippen LogP contribution in [-0.2, 0) is 22.2 Å².